The molecule has 0 aliphatic rings. The molecule has 1 amide bonds. The standard InChI is InChI=1S/C22H29BrN4O/c1-4-16(12-18-6-5-7-20(23)13-18)14-26-22(25-3)27-15-17-8-10-19(11-9-17)21(28)24-2/h5-11,13,16H,4,12,14-15H2,1-3H3,(H,24,28)(H2,25,26,27). The minimum Gasteiger partial charge on any atom is -0.356 e. The van der Waals surface area contributed by atoms with Crippen molar-refractivity contribution in [3.8, 4) is 0 Å². The molecular weight excluding hydrogens is 416 g/mol. The molecule has 0 spiro atoms. The number of halogens is 1. The summed E-state index contributed by atoms with van der Waals surface area (Å²) in [5.41, 5.74) is 3.09. The van der Waals surface area contributed by atoms with Gasteiger partial charge in [0.1, 0.15) is 0 Å². The Kier molecular flexibility index (Phi) is 9.01. The number of nitrogens with zero attached hydrogens (tertiary/aromatic N) is 1. The molecule has 0 fully saturated rings. The largest absolute Gasteiger partial charge is 0.356 e. The summed E-state index contributed by atoms with van der Waals surface area (Å²) in [6, 6.07) is 16.0. The van der Waals surface area contributed by atoms with E-state index in [9.17, 15) is 4.79 Å². The van der Waals surface area contributed by atoms with Crippen LogP contribution in [0.15, 0.2) is 58.0 Å². The van der Waals surface area contributed by atoms with Crippen LogP contribution >= 0.6 is 15.9 Å². The van der Waals surface area contributed by atoms with Crippen LogP contribution in [0.1, 0.15) is 34.8 Å². The van der Waals surface area contributed by atoms with Crippen molar-refractivity contribution in [2.45, 2.75) is 26.3 Å². The fraction of sp³-hybridized carbons (Fsp3) is 0.364. The Morgan fingerprint density at radius 1 is 1.11 bits per heavy atom. The van der Waals surface area contributed by atoms with E-state index in [0.29, 0.717) is 18.0 Å². The van der Waals surface area contributed by atoms with Crippen LogP contribution in [0.2, 0.25) is 0 Å². The minimum atomic E-state index is -0.0759. The summed E-state index contributed by atoms with van der Waals surface area (Å²) < 4.78 is 1.12. The molecule has 0 saturated heterocycles. The third kappa shape index (κ3) is 7.00. The zero-order chi connectivity index (χ0) is 20.4. The minimum absolute atomic E-state index is 0.0759. The maximum atomic E-state index is 11.6. The Balaban J connectivity index is 1.83. The van der Waals surface area contributed by atoms with Crippen molar-refractivity contribution in [3.63, 3.8) is 0 Å². The highest BCUT2D eigenvalue weighted by molar-refractivity contribution is 9.10. The summed E-state index contributed by atoms with van der Waals surface area (Å²) >= 11 is 3.54. The molecule has 6 heteroatoms. The molecule has 5 nitrogen and oxygen atoms in total. The molecule has 3 N–H and O–H groups in total. The Labute approximate surface area is 176 Å². The molecule has 1 atom stereocenters. The monoisotopic (exact) mass is 444 g/mol. The number of benzene rings is 2. The number of guanidine groups is 1. The van der Waals surface area contributed by atoms with Gasteiger partial charge < -0.3 is 16.0 Å². The lowest BCUT2D eigenvalue weighted by molar-refractivity contribution is 0.0963. The van der Waals surface area contributed by atoms with Gasteiger partial charge >= 0.3 is 0 Å². The van der Waals surface area contributed by atoms with Crippen LogP contribution in [0, 0.1) is 5.92 Å². The summed E-state index contributed by atoms with van der Waals surface area (Å²) in [6.07, 6.45) is 2.12. The zero-order valence-electron chi connectivity index (χ0n) is 16.8. The van der Waals surface area contributed by atoms with E-state index in [0.717, 1.165) is 35.4 Å². The first-order valence-corrected chi connectivity index (χ1v) is 10.3. The van der Waals surface area contributed by atoms with Gasteiger partial charge in [-0.05, 0) is 47.7 Å². The number of carbonyl (C=O) groups excluding carboxylic acids is 1. The summed E-state index contributed by atoms with van der Waals surface area (Å²) in [5, 5.41) is 9.39. The summed E-state index contributed by atoms with van der Waals surface area (Å²) in [4.78, 5) is 15.9. The molecule has 0 aliphatic carbocycles. The second kappa shape index (κ2) is 11.5. The summed E-state index contributed by atoms with van der Waals surface area (Å²) in [7, 11) is 3.41. The molecule has 28 heavy (non-hydrogen) atoms. The van der Waals surface area contributed by atoms with Crippen LogP contribution in [-0.4, -0.2) is 32.5 Å². The lowest BCUT2D eigenvalue weighted by atomic mass is 9.97. The van der Waals surface area contributed by atoms with E-state index in [2.05, 4.69) is 68.1 Å². The van der Waals surface area contributed by atoms with Crippen molar-refractivity contribution in [2.24, 2.45) is 10.9 Å². The molecule has 2 aromatic carbocycles. The van der Waals surface area contributed by atoms with Gasteiger partial charge in [0, 0.05) is 37.2 Å². The van der Waals surface area contributed by atoms with Crippen molar-refractivity contribution in [1.82, 2.24) is 16.0 Å². The Hall–Kier alpha value is -2.34. The Morgan fingerprint density at radius 3 is 2.46 bits per heavy atom. The SMILES string of the molecule is CCC(CNC(=NC)NCc1ccc(C(=O)NC)cc1)Cc1cccc(Br)c1. The lowest BCUT2D eigenvalue weighted by Crippen LogP contribution is -2.39. The molecule has 2 rings (SSSR count). The van der Waals surface area contributed by atoms with Gasteiger partial charge in [0.05, 0.1) is 0 Å². The molecule has 0 aromatic heterocycles. The van der Waals surface area contributed by atoms with Gasteiger partial charge in [-0.25, -0.2) is 0 Å². The van der Waals surface area contributed by atoms with Crippen LogP contribution in [-0.2, 0) is 13.0 Å². The second-order valence-corrected chi connectivity index (χ2v) is 7.61. The molecule has 0 heterocycles. The van der Waals surface area contributed by atoms with Crippen LogP contribution in [0.25, 0.3) is 0 Å². The number of hydrogen-bond acceptors (Lipinski definition) is 2. The normalized spacial score (nSPS) is 12.4. The zero-order valence-corrected chi connectivity index (χ0v) is 18.3. The van der Waals surface area contributed by atoms with Gasteiger partial charge in [-0.15, -0.1) is 0 Å². The second-order valence-electron chi connectivity index (χ2n) is 6.69. The number of aliphatic imine (C=N–C) groups is 1. The number of nitrogens with one attached hydrogen (secondary N) is 3. The lowest BCUT2D eigenvalue weighted by Gasteiger charge is -2.18. The van der Waals surface area contributed by atoms with Gasteiger partial charge in [0.25, 0.3) is 5.91 Å². The fourth-order valence-electron chi connectivity index (χ4n) is 2.92. The molecule has 0 aliphatic heterocycles. The Morgan fingerprint density at radius 2 is 1.86 bits per heavy atom. The van der Waals surface area contributed by atoms with Gasteiger partial charge in [-0.2, -0.15) is 0 Å². The van der Waals surface area contributed by atoms with Crippen LogP contribution in [0.5, 0.6) is 0 Å². The fourth-order valence-corrected chi connectivity index (χ4v) is 3.37. The summed E-state index contributed by atoms with van der Waals surface area (Å²) in [6.45, 7) is 3.73. The van der Waals surface area contributed by atoms with Crippen molar-refractivity contribution < 1.29 is 4.79 Å². The van der Waals surface area contributed by atoms with Crippen LogP contribution < -0.4 is 16.0 Å². The first-order chi connectivity index (χ1) is 13.5. The highest BCUT2D eigenvalue weighted by Crippen LogP contribution is 2.16. The number of rotatable bonds is 8. The molecule has 150 valence electrons. The van der Waals surface area contributed by atoms with E-state index in [1.807, 2.05) is 24.3 Å². The van der Waals surface area contributed by atoms with E-state index in [1.54, 1.807) is 14.1 Å². The van der Waals surface area contributed by atoms with E-state index in [1.165, 1.54) is 5.56 Å². The molecule has 0 saturated carbocycles. The maximum Gasteiger partial charge on any atom is 0.251 e. The smallest absolute Gasteiger partial charge is 0.251 e. The number of hydrogen-bond donors (Lipinski definition) is 3. The van der Waals surface area contributed by atoms with E-state index >= 15 is 0 Å². The van der Waals surface area contributed by atoms with Crippen LogP contribution in [0.4, 0.5) is 0 Å². The van der Waals surface area contributed by atoms with Gasteiger partial charge in [-0.1, -0.05) is 53.5 Å². The maximum absolute atomic E-state index is 11.6. The van der Waals surface area contributed by atoms with Crippen molar-refractivity contribution >= 4 is 27.8 Å². The highest BCUT2D eigenvalue weighted by Gasteiger charge is 2.09. The Bertz CT molecular complexity index is 789. The van der Waals surface area contributed by atoms with Crippen molar-refractivity contribution in [1.29, 1.82) is 0 Å². The van der Waals surface area contributed by atoms with Gasteiger partial charge in [-0.3, -0.25) is 9.79 Å². The van der Waals surface area contributed by atoms with Crippen LogP contribution in [0.3, 0.4) is 0 Å². The topological polar surface area (TPSA) is 65.5 Å². The first-order valence-electron chi connectivity index (χ1n) is 9.55. The predicted octanol–water partition coefficient (Wildman–Crippen LogP) is 3.74. The van der Waals surface area contributed by atoms with Crippen molar-refractivity contribution in [3.05, 3.63) is 69.7 Å². The van der Waals surface area contributed by atoms with E-state index < -0.39 is 0 Å². The predicted molar refractivity (Wildman–Crippen MR) is 120 cm³/mol. The number of amides is 1. The van der Waals surface area contributed by atoms with E-state index in [-0.39, 0.29) is 5.91 Å². The molecular formula is C22H29BrN4O. The molecule has 2 aromatic rings. The van der Waals surface area contributed by atoms with Crippen molar-refractivity contribution in [2.75, 3.05) is 20.6 Å². The van der Waals surface area contributed by atoms with E-state index in [4.69, 9.17) is 0 Å². The quantitative estimate of drug-likeness (QED) is 0.429. The molecule has 1 unspecified atom stereocenters. The molecule has 0 bridgehead atoms. The first kappa shape index (κ1) is 22.0. The van der Waals surface area contributed by atoms with Gasteiger partial charge in [0.15, 0.2) is 5.96 Å². The average molecular weight is 445 g/mol. The summed E-state index contributed by atoms with van der Waals surface area (Å²) in [5.74, 6) is 1.23. The third-order valence-electron chi connectivity index (χ3n) is 4.68. The average Bonchev–Trinajstić information content (AvgIpc) is 2.72. The molecule has 0 radical (unpaired) electrons. The number of carbonyl (C=O) groups is 1. The third-order valence-corrected chi connectivity index (χ3v) is 5.17. The highest BCUT2D eigenvalue weighted by atomic mass is 79.9. The van der Waals surface area contributed by atoms with Gasteiger partial charge in [0.2, 0.25) is 0 Å².